The molecule has 5 heteroatoms. The number of aryl methyl sites for hydroxylation is 1. The fourth-order valence-electron chi connectivity index (χ4n) is 2.73. The SMILES string of the molecule is CCc1ccc(CN2CCc3sccc3C2C(=O)O)s1. The van der Waals surface area contributed by atoms with E-state index in [2.05, 4.69) is 24.0 Å². The van der Waals surface area contributed by atoms with E-state index in [0.29, 0.717) is 0 Å². The molecular formula is C15H17NO2S2. The minimum absolute atomic E-state index is 0.489. The van der Waals surface area contributed by atoms with Crippen LogP contribution in [-0.2, 0) is 24.2 Å². The summed E-state index contributed by atoms with van der Waals surface area (Å²) in [5.74, 6) is -0.739. The van der Waals surface area contributed by atoms with Crippen LogP contribution in [0.15, 0.2) is 23.6 Å². The number of carbonyl (C=O) groups is 1. The fraction of sp³-hybridized carbons (Fsp3) is 0.400. The number of aliphatic carboxylic acids is 1. The molecule has 0 amide bonds. The molecule has 1 aliphatic heterocycles. The van der Waals surface area contributed by atoms with E-state index in [1.54, 1.807) is 22.7 Å². The van der Waals surface area contributed by atoms with Gasteiger partial charge in [0, 0.05) is 27.7 Å². The van der Waals surface area contributed by atoms with E-state index in [1.165, 1.54) is 14.6 Å². The fourth-order valence-corrected chi connectivity index (χ4v) is 4.61. The molecule has 2 aromatic rings. The Kier molecular flexibility index (Phi) is 3.92. The quantitative estimate of drug-likeness (QED) is 0.939. The molecule has 1 aliphatic rings. The minimum atomic E-state index is -0.739. The number of fused-ring (bicyclic) bond motifs is 1. The summed E-state index contributed by atoms with van der Waals surface area (Å²) in [5, 5.41) is 11.6. The Bertz CT molecular complexity index is 617. The van der Waals surface area contributed by atoms with E-state index in [9.17, 15) is 9.90 Å². The molecule has 0 bridgehead atoms. The van der Waals surface area contributed by atoms with Crippen LogP contribution in [0, 0.1) is 0 Å². The molecule has 0 spiro atoms. The molecular weight excluding hydrogens is 290 g/mol. The summed E-state index contributed by atoms with van der Waals surface area (Å²) in [7, 11) is 0. The Labute approximate surface area is 126 Å². The lowest BCUT2D eigenvalue weighted by atomic mass is 10.00. The molecule has 1 atom stereocenters. The van der Waals surface area contributed by atoms with Crippen LogP contribution in [0.25, 0.3) is 0 Å². The lowest BCUT2D eigenvalue weighted by Gasteiger charge is -2.32. The van der Waals surface area contributed by atoms with Gasteiger partial charge in [-0.15, -0.1) is 22.7 Å². The van der Waals surface area contributed by atoms with Gasteiger partial charge in [-0.25, -0.2) is 0 Å². The number of carboxylic acid groups (broad SMARTS) is 1. The van der Waals surface area contributed by atoms with Crippen molar-refractivity contribution in [1.82, 2.24) is 4.90 Å². The van der Waals surface area contributed by atoms with Crippen LogP contribution in [0.2, 0.25) is 0 Å². The van der Waals surface area contributed by atoms with Crippen LogP contribution < -0.4 is 0 Å². The van der Waals surface area contributed by atoms with Gasteiger partial charge in [0.15, 0.2) is 0 Å². The molecule has 3 nitrogen and oxygen atoms in total. The molecule has 2 aromatic heterocycles. The zero-order chi connectivity index (χ0) is 14.1. The van der Waals surface area contributed by atoms with Crippen molar-refractivity contribution in [3.8, 4) is 0 Å². The van der Waals surface area contributed by atoms with Gasteiger partial charge < -0.3 is 5.11 Å². The Morgan fingerprint density at radius 2 is 2.20 bits per heavy atom. The van der Waals surface area contributed by atoms with Crippen molar-refractivity contribution < 1.29 is 9.90 Å². The zero-order valence-corrected chi connectivity index (χ0v) is 13.0. The second-order valence-electron chi connectivity index (χ2n) is 4.98. The molecule has 0 aromatic carbocycles. The molecule has 1 unspecified atom stereocenters. The second kappa shape index (κ2) is 5.68. The number of carboxylic acids is 1. The monoisotopic (exact) mass is 307 g/mol. The highest BCUT2D eigenvalue weighted by atomic mass is 32.1. The van der Waals surface area contributed by atoms with E-state index >= 15 is 0 Å². The van der Waals surface area contributed by atoms with Crippen molar-refractivity contribution in [2.75, 3.05) is 6.54 Å². The summed E-state index contributed by atoms with van der Waals surface area (Å²) >= 11 is 3.47. The van der Waals surface area contributed by atoms with Crippen molar-refractivity contribution in [3.63, 3.8) is 0 Å². The summed E-state index contributed by atoms with van der Waals surface area (Å²) in [6.45, 7) is 3.70. The van der Waals surface area contributed by atoms with Crippen LogP contribution in [-0.4, -0.2) is 22.5 Å². The van der Waals surface area contributed by atoms with Crippen LogP contribution in [0.1, 0.15) is 33.2 Å². The summed E-state index contributed by atoms with van der Waals surface area (Å²) in [5.41, 5.74) is 0.987. The van der Waals surface area contributed by atoms with E-state index < -0.39 is 12.0 Å². The van der Waals surface area contributed by atoms with Crippen LogP contribution in [0.4, 0.5) is 0 Å². The molecule has 106 valence electrons. The average molecular weight is 307 g/mol. The van der Waals surface area contributed by atoms with Crippen LogP contribution in [0.3, 0.4) is 0 Å². The number of hydrogen-bond donors (Lipinski definition) is 1. The van der Waals surface area contributed by atoms with Gasteiger partial charge in [0.25, 0.3) is 0 Å². The van der Waals surface area contributed by atoms with Gasteiger partial charge >= 0.3 is 5.97 Å². The Balaban J connectivity index is 1.84. The standard InChI is InChI=1S/C15H17NO2S2/c1-2-10-3-4-11(20-10)9-16-7-5-13-12(6-8-19-13)14(16)15(17)18/h3-4,6,8,14H,2,5,7,9H2,1H3,(H,17,18). The average Bonchev–Trinajstić information content (AvgIpc) is 3.06. The summed E-state index contributed by atoms with van der Waals surface area (Å²) in [6, 6.07) is 5.76. The first kappa shape index (κ1) is 13.8. The van der Waals surface area contributed by atoms with E-state index in [4.69, 9.17) is 0 Å². The lowest BCUT2D eigenvalue weighted by Crippen LogP contribution is -2.38. The number of rotatable bonds is 4. The van der Waals surface area contributed by atoms with Crippen LogP contribution >= 0.6 is 22.7 Å². The molecule has 0 radical (unpaired) electrons. The molecule has 0 fully saturated rings. The van der Waals surface area contributed by atoms with Crippen LogP contribution in [0.5, 0.6) is 0 Å². The summed E-state index contributed by atoms with van der Waals surface area (Å²) in [4.78, 5) is 17.6. The summed E-state index contributed by atoms with van der Waals surface area (Å²) in [6.07, 6.45) is 2.00. The lowest BCUT2D eigenvalue weighted by molar-refractivity contribution is -0.144. The molecule has 0 saturated carbocycles. The largest absolute Gasteiger partial charge is 0.480 e. The molecule has 0 saturated heterocycles. The number of nitrogens with zero attached hydrogens (tertiary/aromatic N) is 1. The van der Waals surface area contributed by atoms with E-state index in [0.717, 1.165) is 31.5 Å². The Morgan fingerprint density at radius 3 is 2.90 bits per heavy atom. The third-order valence-electron chi connectivity index (χ3n) is 3.72. The number of hydrogen-bond acceptors (Lipinski definition) is 4. The van der Waals surface area contributed by atoms with E-state index in [1.807, 2.05) is 11.4 Å². The highest BCUT2D eigenvalue weighted by Crippen LogP contribution is 2.35. The van der Waals surface area contributed by atoms with Gasteiger partial charge in [-0.05, 0) is 42.0 Å². The van der Waals surface area contributed by atoms with Crippen molar-refractivity contribution in [2.45, 2.75) is 32.4 Å². The highest BCUT2D eigenvalue weighted by Gasteiger charge is 2.33. The van der Waals surface area contributed by atoms with Gasteiger partial charge in [-0.2, -0.15) is 0 Å². The molecule has 0 aliphatic carbocycles. The number of thiophene rings is 2. The summed E-state index contributed by atoms with van der Waals surface area (Å²) < 4.78 is 0. The van der Waals surface area contributed by atoms with Gasteiger partial charge in [0.05, 0.1) is 0 Å². The topological polar surface area (TPSA) is 40.5 Å². The maximum Gasteiger partial charge on any atom is 0.325 e. The first-order valence-corrected chi connectivity index (χ1v) is 8.49. The maximum absolute atomic E-state index is 11.6. The Morgan fingerprint density at radius 1 is 1.40 bits per heavy atom. The molecule has 1 N–H and O–H groups in total. The predicted molar refractivity (Wildman–Crippen MR) is 82.5 cm³/mol. The molecule has 3 rings (SSSR count). The Hall–Kier alpha value is -1.17. The maximum atomic E-state index is 11.6. The van der Waals surface area contributed by atoms with Crippen molar-refractivity contribution in [3.05, 3.63) is 43.8 Å². The van der Waals surface area contributed by atoms with Gasteiger partial charge in [0.2, 0.25) is 0 Å². The highest BCUT2D eigenvalue weighted by molar-refractivity contribution is 7.12. The third kappa shape index (κ3) is 2.53. The van der Waals surface area contributed by atoms with E-state index in [-0.39, 0.29) is 0 Å². The van der Waals surface area contributed by atoms with Crippen molar-refractivity contribution in [2.24, 2.45) is 0 Å². The third-order valence-corrected chi connectivity index (χ3v) is 5.94. The smallest absolute Gasteiger partial charge is 0.325 e. The first-order valence-electron chi connectivity index (χ1n) is 6.79. The van der Waals surface area contributed by atoms with Crippen molar-refractivity contribution >= 4 is 28.6 Å². The first-order chi connectivity index (χ1) is 9.69. The van der Waals surface area contributed by atoms with Gasteiger partial charge in [-0.1, -0.05) is 6.92 Å². The zero-order valence-electron chi connectivity index (χ0n) is 11.3. The molecule has 20 heavy (non-hydrogen) atoms. The second-order valence-corrected chi connectivity index (χ2v) is 7.24. The predicted octanol–water partition coefficient (Wildman–Crippen LogP) is 3.56. The van der Waals surface area contributed by atoms with Gasteiger partial charge in [-0.3, -0.25) is 9.69 Å². The van der Waals surface area contributed by atoms with Crippen molar-refractivity contribution in [1.29, 1.82) is 0 Å². The molecule has 3 heterocycles. The van der Waals surface area contributed by atoms with Gasteiger partial charge in [0.1, 0.15) is 6.04 Å². The normalized spacial score (nSPS) is 18.9. The minimum Gasteiger partial charge on any atom is -0.480 e.